The summed E-state index contributed by atoms with van der Waals surface area (Å²) in [6, 6.07) is 2.30. The zero-order chi connectivity index (χ0) is 16.8. The summed E-state index contributed by atoms with van der Waals surface area (Å²) in [7, 11) is 0. The lowest BCUT2D eigenvalue weighted by Gasteiger charge is -2.18. The summed E-state index contributed by atoms with van der Waals surface area (Å²) in [6.45, 7) is 7.90. The SMILES string of the molecule is CCN(CC)c1nc2sc(C(=O)N3CC4CCC(N)C4C3)cc2s1.Cl. The number of carbonyl (C=O) groups is 1. The van der Waals surface area contributed by atoms with Crippen LogP contribution in [0, 0.1) is 11.8 Å². The number of hydrogen-bond donors (Lipinski definition) is 1. The van der Waals surface area contributed by atoms with Crippen molar-refractivity contribution in [2.75, 3.05) is 31.1 Å². The monoisotopic (exact) mass is 400 g/mol. The molecule has 2 aromatic rings. The van der Waals surface area contributed by atoms with E-state index in [2.05, 4.69) is 18.7 Å². The molecule has 1 aliphatic carbocycles. The van der Waals surface area contributed by atoms with Gasteiger partial charge < -0.3 is 15.5 Å². The molecule has 25 heavy (non-hydrogen) atoms. The minimum absolute atomic E-state index is 0. The van der Waals surface area contributed by atoms with E-state index in [0.29, 0.717) is 11.8 Å². The van der Waals surface area contributed by atoms with Crippen molar-refractivity contribution in [1.82, 2.24) is 9.88 Å². The average molecular weight is 401 g/mol. The third-order valence-electron chi connectivity index (χ3n) is 5.52. The van der Waals surface area contributed by atoms with Crippen molar-refractivity contribution < 1.29 is 4.79 Å². The van der Waals surface area contributed by atoms with Gasteiger partial charge in [-0.3, -0.25) is 4.79 Å². The van der Waals surface area contributed by atoms with Gasteiger partial charge in [-0.05, 0) is 44.6 Å². The van der Waals surface area contributed by atoms with Gasteiger partial charge in [0.15, 0.2) is 5.13 Å². The number of anilines is 1. The van der Waals surface area contributed by atoms with E-state index < -0.39 is 0 Å². The molecule has 1 saturated carbocycles. The number of thiophene rings is 1. The van der Waals surface area contributed by atoms with Crippen LogP contribution in [0.1, 0.15) is 36.4 Å². The van der Waals surface area contributed by atoms with Crippen LogP contribution in [0.2, 0.25) is 0 Å². The quantitative estimate of drug-likeness (QED) is 0.853. The fraction of sp³-hybridized carbons (Fsp3) is 0.647. The number of halogens is 1. The van der Waals surface area contributed by atoms with E-state index in [-0.39, 0.29) is 24.4 Å². The Labute approximate surface area is 162 Å². The number of fused-ring (bicyclic) bond motifs is 2. The third kappa shape index (κ3) is 3.27. The van der Waals surface area contributed by atoms with E-state index in [9.17, 15) is 4.79 Å². The minimum Gasteiger partial charge on any atom is -0.349 e. The Morgan fingerprint density at radius 2 is 2.08 bits per heavy atom. The molecule has 1 aliphatic heterocycles. The Morgan fingerprint density at radius 1 is 1.32 bits per heavy atom. The fourth-order valence-corrected chi connectivity index (χ4v) is 6.39. The number of amides is 1. The summed E-state index contributed by atoms with van der Waals surface area (Å²) < 4.78 is 1.13. The molecule has 2 aromatic heterocycles. The molecule has 0 radical (unpaired) electrons. The molecule has 3 atom stereocenters. The molecule has 2 N–H and O–H groups in total. The van der Waals surface area contributed by atoms with Crippen molar-refractivity contribution in [2.24, 2.45) is 17.6 Å². The Balaban J connectivity index is 0.00000182. The van der Waals surface area contributed by atoms with Crippen LogP contribution < -0.4 is 10.6 Å². The largest absolute Gasteiger partial charge is 0.349 e. The van der Waals surface area contributed by atoms with Gasteiger partial charge in [-0.25, -0.2) is 4.98 Å². The van der Waals surface area contributed by atoms with E-state index >= 15 is 0 Å². The Morgan fingerprint density at radius 3 is 2.72 bits per heavy atom. The number of nitrogens with zero attached hydrogens (tertiary/aromatic N) is 3. The maximum atomic E-state index is 12.8. The number of rotatable bonds is 4. The van der Waals surface area contributed by atoms with E-state index in [1.54, 1.807) is 11.3 Å². The predicted octanol–water partition coefficient (Wildman–Crippen LogP) is 3.44. The molecule has 3 unspecified atom stereocenters. The lowest BCUT2D eigenvalue weighted by atomic mass is 9.98. The van der Waals surface area contributed by atoms with Gasteiger partial charge in [0.25, 0.3) is 5.91 Å². The smallest absolute Gasteiger partial charge is 0.264 e. The Kier molecular flexibility index (Phi) is 5.58. The highest BCUT2D eigenvalue weighted by Crippen LogP contribution is 2.39. The molecule has 1 saturated heterocycles. The summed E-state index contributed by atoms with van der Waals surface area (Å²) >= 11 is 3.22. The summed E-state index contributed by atoms with van der Waals surface area (Å²) in [4.78, 5) is 23.6. The second-order valence-electron chi connectivity index (χ2n) is 6.82. The van der Waals surface area contributed by atoms with Crippen LogP contribution in [0.5, 0.6) is 0 Å². The zero-order valence-electron chi connectivity index (χ0n) is 14.6. The molecule has 2 aliphatic rings. The molecule has 8 heteroatoms. The lowest BCUT2D eigenvalue weighted by Crippen LogP contribution is -2.33. The maximum Gasteiger partial charge on any atom is 0.264 e. The van der Waals surface area contributed by atoms with Gasteiger partial charge >= 0.3 is 0 Å². The van der Waals surface area contributed by atoms with Crippen molar-refractivity contribution in [3.05, 3.63) is 10.9 Å². The highest BCUT2D eigenvalue weighted by molar-refractivity contribution is 7.29. The van der Waals surface area contributed by atoms with Crippen molar-refractivity contribution >= 4 is 55.6 Å². The third-order valence-corrected chi connectivity index (χ3v) is 7.73. The van der Waals surface area contributed by atoms with Gasteiger partial charge in [-0.1, -0.05) is 11.3 Å². The molecule has 0 bridgehead atoms. The van der Waals surface area contributed by atoms with E-state index in [4.69, 9.17) is 10.7 Å². The first kappa shape index (κ1) is 18.9. The fourth-order valence-electron chi connectivity index (χ4n) is 4.09. The first-order chi connectivity index (χ1) is 11.6. The van der Waals surface area contributed by atoms with Crippen LogP contribution >= 0.6 is 35.1 Å². The molecule has 5 nitrogen and oxygen atoms in total. The van der Waals surface area contributed by atoms with E-state index in [0.717, 1.165) is 52.1 Å². The van der Waals surface area contributed by atoms with Gasteiger partial charge in [0, 0.05) is 32.2 Å². The summed E-state index contributed by atoms with van der Waals surface area (Å²) in [5, 5.41) is 1.06. The van der Waals surface area contributed by atoms with Gasteiger partial charge in [0.05, 0.1) is 9.58 Å². The maximum absolute atomic E-state index is 12.8. The highest BCUT2D eigenvalue weighted by atomic mass is 35.5. The molecule has 2 fully saturated rings. The van der Waals surface area contributed by atoms with Crippen LogP contribution in [-0.2, 0) is 0 Å². The van der Waals surface area contributed by atoms with E-state index in [1.807, 2.05) is 11.0 Å². The Bertz CT molecular complexity index is 725. The number of carbonyl (C=O) groups excluding carboxylic acids is 1. The van der Waals surface area contributed by atoms with Gasteiger partial charge in [0.1, 0.15) is 4.83 Å². The number of thiazole rings is 1. The number of nitrogens with two attached hydrogens (primary N) is 1. The minimum atomic E-state index is 0. The average Bonchev–Trinajstić information content (AvgIpc) is 3.29. The van der Waals surface area contributed by atoms with Crippen LogP contribution in [0.4, 0.5) is 5.13 Å². The molecule has 3 heterocycles. The summed E-state index contributed by atoms with van der Waals surface area (Å²) in [5.74, 6) is 1.27. The molecule has 4 rings (SSSR count). The second-order valence-corrected chi connectivity index (χ2v) is 8.86. The first-order valence-corrected chi connectivity index (χ1v) is 10.4. The Hall–Kier alpha value is -0.890. The van der Waals surface area contributed by atoms with Crippen molar-refractivity contribution in [1.29, 1.82) is 0 Å². The molecule has 1 amide bonds. The van der Waals surface area contributed by atoms with Gasteiger partial charge in [0.2, 0.25) is 0 Å². The summed E-state index contributed by atoms with van der Waals surface area (Å²) in [6.07, 6.45) is 2.29. The van der Waals surface area contributed by atoms with Crippen LogP contribution in [-0.4, -0.2) is 48.0 Å². The molecule has 138 valence electrons. The van der Waals surface area contributed by atoms with Crippen LogP contribution in [0.25, 0.3) is 9.53 Å². The number of aromatic nitrogens is 1. The predicted molar refractivity (Wildman–Crippen MR) is 108 cm³/mol. The number of likely N-dealkylation sites (tertiary alicyclic amines) is 1. The topological polar surface area (TPSA) is 62.5 Å². The highest BCUT2D eigenvalue weighted by Gasteiger charge is 2.42. The van der Waals surface area contributed by atoms with Crippen LogP contribution in [0.3, 0.4) is 0 Å². The zero-order valence-corrected chi connectivity index (χ0v) is 17.1. The standard InChI is InChI=1S/C17H24N4OS2.ClH/c1-3-20(4-2)17-19-15-13(24-17)7-14(23-15)16(22)21-8-10-5-6-12(18)11(10)9-21;/h7,10-12H,3-6,8-9,18H2,1-2H3;1H. The molecular weight excluding hydrogens is 376 g/mol. The lowest BCUT2D eigenvalue weighted by molar-refractivity contribution is 0.0784. The number of hydrogen-bond acceptors (Lipinski definition) is 6. The van der Waals surface area contributed by atoms with Crippen molar-refractivity contribution in [3.8, 4) is 0 Å². The van der Waals surface area contributed by atoms with Crippen molar-refractivity contribution in [3.63, 3.8) is 0 Å². The van der Waals surface area contributed by atoms with Gasteiger partial charge in [-0.2, -0.15) is 0 Å². The molecule has 0 spiro atoms. The van der Waals surface area contributed by atoms with Crippen molar-refractivity contribution in [2.45, 2.75) is 32.7 Å². The van der Waals surface area contributed by atoms with Gasteiger partial charge in [-0.15, -0.1) is 23.7 Å². The first-order valence-electron chi connectivity index (χ1n) is 8.80. The van der Waals surface area contributed by atoms with E-state index in [1.165, 1.54) is 17.8 Å². The molecular formula is C17H25ClN4OS2. The van der Waals surface area contributed by atoms with Crippen LogP contribution in [0.15, 0.2) is 6.07 Å². The second kappa shape index (κ2) is 7.39. The normalized spacial score (nSPS) is 25.2. The molecule has 0 aromatic carbocycles. The summed E-state index contributed by atoms with van der Waals surface area (Å²) in [5.41, 5.74) is 6.19.